The maximum absolute atomic E-state index is 12.5. The average Bonchev–Trinajstić information content (AvgIpc) is 2.54. The smallest absolute Gasteiger partial charge is 0.305 e. The molecule has 0 saturated heterocycles. The molecule has 0 bridgehead atoms. The van der Waals surface area contributed by atoms with E-state index >= 15 is 0 Å². The van der Waals surface area contributed by atoms with Gasteiger partial charge in [-0.05, 0) is 17.9 Å². The van der Waals surface area contributed by atoms with Crippen molar-refractivity contribution in [2.75, 3.05) is 6.54 Å². The highest BCUT2D eigenvalue weighted by atomic mass is 16.4. The van der Waals surface area contributed by atoms with E-state index in [0.29, 0.717) is 25.0 Å². The van der Waals surface area contributed by atoms with E-state index in [9.17, 15) is 14.7 Å². The normalized spacial score (nSPS) is 22.2. The molecule has 2 N–H and O–H groups in total. The predicted octanol–water partition coefficient (Wildman–Crippen LogP) is 3.27. The summed E-state index contributed by atoms with van der Waals surface area (Å²) in [6.07, 6.45) is 1.14. The minimum absolute atomic E-state index is 0.0145. The zero-order chi connectivity index (χ0) is 16.8. The molecular weight excluding hydrogens is 294 g/mol. The maximum atomic E-state index is 12.5. The Morgan fingerprint density at radius 3 is 2.52 bits per heavy atom. The standard InChI is InChI=1S/C18H21NO4/c1-2-15(20)18-14(19-9-8-17(22)23)10-13(11-16(18)21)12-6-4-3-5-7-12/h3-7,13,20H,2,8-11H2,1H3,(H,22,23)/t13-/m0/s1. The summed E-state index contributed by atoms with van der Waals surface area (Å²) >= 11 is 0. The first kappa shape index (κ1) is 16.9. The second-order valence-corrected chi connectivity index (χ2v) is 5.59. The van der Waals surface area contributed by atoms with Crippen LogP contribution in [0.2, 0.25) is 0 Å². The molecule has 0 amide bonds. The van der Waals surface area contributed by atoms with Crippen LogP contribution in [0.5, 0.6) is 0 Å². The second kappa shape index (κ2) is 7.72. The van der Waals surface area contributed by atoms with E-state index in [4.69, 9.17) is 5.11 Å². The van der Waals surface area contributed by atoms with Crippen LogP contribution in [0, 0.1) is 0 Å². The molecule has 1 atom stereocenters. The first-order chi connectivity index (χ1) is 11.0. The van der Waals surface area contributed by atoms with E-state index < -0.39 is 5.97 Å². The van der Waals surface area contributed by atoms with Crippen molar-refractivity contribution in [3.63, 3.8) is 0 Å². The number of allylic oxidation sites excluding steroid dienone is 2. The van der Waals surface area contributed by atoms with Crippen molar-refractivity contribution in [3.8, 4) is 0 Å². The summed E-state index contributed by atoms with van der Waals surface area (Å²) in [5.74, 6) is -1.00. The van der Waals surface area contributed by atoms with Crippen LogP contribution in [-0.4, -0.2) is 34.2 Å². The molecule has 1 aliphatic carbocycles. The van der Waals surface area contributed by atoms with E-state index in [1.807, 2.05) is 30.3 Å². The van der Waals surface area contributed by atoms with Gasteiger partial charge < -0.3 is 10.2 Å². The number of rotatable bonds is 5. The first-order valence-corrected chi connectivity index (χ1v) is 7.78. The summed E-state index contributed by atoms with van der Waals surface area (Å²) in [4.78, 5) is 27.4. The van der Waals surface area contributed by atoms with Gasteiger partial charge in [0.2, 0.25) is 0 Å². The Hall–Kier alpha value is -2.43. The molecule has 1 aliphatic rings. The fraction of sp³-hybridized carbons (Fsp3) is 0.389. The van der Waals surface area contributed by atoms with Gasteiger partial charge in [0.05, 0.1) is 12.0 Å². The van der Waals surface area contributed by atoms with Gasteiger partial charge >= 0.3 is 5.97 Å². The minimum Gasteiger partial charge on any atom is -0.512 e. The first-order valence-electron chi connectivity index (χ1n) is 7.78. The van der Waals surface area contributed by atoms with Crippen LogP contribution in [0.4, 0.5) is 0 Å². The number of carbonyl (C=O) groups is 2. The molecular formula is C18H21NO4. The van der Waals surface area contributed by atoms with Crippen molar-refractivity contribution in [1.29, 1.82) is 0 Å². The molecule has 5 nitrogen and oxygen atoms in total. The van der Waals surface area contributed by atoms with Crippen molar-refractivity contribution in [2.24, 2.45) is 4.99 Å². The molecule has 1 aromatic rings. The summed E-state index contributed by atoms with van der Waals surface area (Å²) < 4.78 is 0. The van der Waals surface area contributed by atoms with Crippen LogP contribution >= 0.6 is 0 Å². The molecule has 1 fully saturated rings. The topological polar surface area (TPSA) is 87.0 Å². The van der Waals surface area contributed by atoms with Crippen molar-refractivity contribution in [3.05, 3.63) is 47.2 Å². The Bertz CT molecular complexity index is 646. The lowest BCUT2D eigenvalue weighted by molar-refractivity contribution is -0.136. The SMILES string of the molecule is CCC(O)=C1C(=O)C[C@@H](c2ccccc2)CC1=NCCC(=O)O. The van der Waals surface area contributed by atoms with Crippen molar-refractivity contribution in [1.82, 2.24) is 0 Å². The third-order valence-electron chi connectivity index (χ3n) is 3.96. The monoisotopic (exact) mass is 315 g/mol. The Balaban J connectivity index is 2.30. The van der Waals surface area contributed by atoms with Gasteiger partial charge in [0.25, 0.3) is 0 Å². The molecule has 0 radical (unpaired) electrons. The number of Topliss-reactive ketones (excluding diaryl/α,β-unsaturated/α-hetero) is 1. The van der Waals surface area contributed by atoms with Gasteiger partial charge in [-0.15, -0.1) is 0 Å². The molecule has 0 spiro atoms. The maximum Gasteiger partial charge on any atom is 0.305 e. The third kappa shape index (κ3) is 4.28. The molecule has 0 heterocycles. The number of carboxylic acid groups (broad SMARTS) is 1. The molecule has 122 valence electrons. The Morgan fingerprint density at radius 1 is 1.22 bits per heavy atom. The summed E-state index contributed by atoms with van der Waals surface area (Å²) in [5, 5.41) is 18.8. The van der Waals surface area contributed by atoms with Crippen LogP contribution in [-0.2, 0) is 9.59 Å². The number of carboxylic acids is 1. The Labute approximate surface area is 135 Å². The lowest BCUT2D eigenvalue weighted by Crippen LogP contribution is -2.27. The van der Waals surface area contributed by atoms with E-state index in [1.165, 1.54) is 0 Å². The second-order valence-electron chi connectivity index (χ2n) is 5.59. The summed E-state index contributed by atoms with van der Waals surface area (Å²) in [7, 11) is 0. The minimum atomic E-state index is -0.929. The Kier molecular flexibility index (Phi) is 5.68. The summed E-state index contributed by atoms with van der Waals surface area (Å²) in [6.45, 7) is 1.88. The fourth-order valence-corrected chi connectivity index (χ4v) is 2.79. The van der Waals surface area contributed by atoms with Crippen LogP contribution < -0.4 is 0 Å². The van der Waals surface area contributed by atoms with Gasteiger partial charge in [0.15, 0.2) is 5.78 Å². The van der Waals surface area contributed by atoms with Gasteiger partial charge in [-0.1, -0.05) is 37.3 Å². The number of nitrogens with zero attached hydrogens (tertiary/aromatic N) is 1. The van der Waals surface area contributed by atoms with Crippen molar-refractivity contribution >= 4 is 17.5 Å². The Morgan fingerprint density at radius 2 is 1.91 bits per heavy atom. The third-order valence-corrected chi connectivity index (χ3v) is 3.96. The van der Waals surface area contributed by atoms with Crippen LogP contribution in [0.1, 0.15) is 44.1 Å². The van der Waals surface area contributed by atoms with Crippen LogP contribution in [0.3, 0.4) is 0 Å². The van der Waals surface area contributed by atoms with E-state index in [-0.39, 0.29) is 36.0 Å². The highest BCUT2D eigenvalue weighted by molar-refractivity contribution is 6.24. The van der Waals surface area contributed by atoms with Gasteiger partial charge in [0, 0.05) is 25.1 Å². The van der Waals surface area contributed by atoms with E-state index in [0.717, 1.165) is 5.56 Å². The number of carbonyl (C=O) groups excluding carboxylic acids is 1. The summed E-state index contributed by atoms with van der Waals surface area (Å²) in [6, 6.07) is 9.72. The van der Waals surface area contributed by atoms with Gasteiger partial charge in [-0.2, -0.15) is 0 Å². The largest absolute Gasteiger partial charge is 0.512 e. The zero-order valence-electron chi connectivity index (χ0n) is 13.2. The predicted molar refractivity (Wildman–Crippen MR) is 87.9 cm³/mol. The van der Waals surface area contributed by atoms with Crippen molar-refractivity contribution < 1.29 is 19.8 Å². The molecule has 0 aliphatic heterocycles. The van der Waals surface area contributed by atoms with Crippen LogP contribution in [0.15, 0.2) is 46.7 Å². The van der Waals surface area contributed by atoms with Gasteiger partial charge in [-0.3, -0.25) is 14.6 Å². The lowest BCUT2D eigenvalue weighted by Gasteiger charge is -2.25. The molecule has 2 rings (SSSR count). The molecule has 1 saturated carbocycles. The van der Waals surface area contributed by atoms with Crippen molar-refractivity contribution in [2.45, 2.75) is 38.5 Å². The van der Waals surface area contributed by atoms with E-state index in [2.05, 4.69) is 4.99 Å². The number of hydrogen-bond donors (Lipinski definition) is 2. The molecule has 0 aromatic heterocycles. The number of ketones is 1. The van der Waals surface area contributed by atoms with E-state index in [1.54, 1.807) is 6.92 Å². The number of aliphatic imine (C=N–C) groups is 1. The zero-order valence-corrected chi connectivity index (χ0v) is 13.2. The molecule has 0 unspecified atom stereocenters. The average molecular weight is 315 g/mol. The lowest BCUT2D eigenvalue weighted by atomic mass is 9.79. The molecule has 23 heavy (non-hydrogen) atoms. The molecule has 5 heteroatoms. The van der Waals surface area contributed by atoms with Gasteiger partial charge in [0.1, 0.15) is 5.76 Å². The fourth-order valence-electron chi connectivity index (χ4n) is 2.79. The molecule has 1 aromatic carbocycles. The van der Waals surface area contributed by atoms with Crippen LogP contribution in [0.25, 0.3) is 0 Å². The number of hydrogen-bond acceptors (Lipinski definition) is 4. The summed E-state index contributed by atoms with van der Waals surface area (Å²) in [5.41, 5.74) is 1.86. The number of aliphatic hydroxyl groups is 1. The number of aliphatic carboxylic acids is 1. The number of benzene rings is 1. The highest BCUT2D eigenvalue weighted by Crippen LogP contribution is 2.33. The quantitative estimate of drug-likeness (QED) is 0.645. The van der Waals surface area contributed by atoms with Gasteiger partial charge in [-0.25, -0.2) is 0 Å². The number of aliphatic hydroxyl groups excluding tert-OH is 1. The highest BCUT2D eigenvalue weighted by Gasteiger charge is 2.31.